The standard InChI is InChI=1S/C6H9IN4O/c7-4-1-10-11(2-4)3-5(8)6(9)12/h1-2,5H,3,8H2,(H2,9,12). The second-order valence-electron chi connectivity index (χ2n) is 2.39. The lowest BCUT2D eigenvalue weighted by molar-refractivity contribution is -0.119. The van der Waals surface area contributed by atoms with Crippen molar-refractivity contribution < 1.29 is 4.79 Å². The lowest BCUT2D eigenvalue weighted by Crippen LogP contribution is -2.39. The summed E-state index contributed by atoms with van der Waals surface area (Å²) in [5, 5.41) is 3.96. The van der Waals surface area contributed by atoms with E-state index in [0.29, 0.717) is 6.54 Å². The van der Waals surface area contributed by atoms with Crippen molar-refractivity contribution in [1.29, 1.82) is 0 Å². The number of aromatic nitrogens is 2. The summed E-state index contributed by atoms with van der Waals surface area (Å²) in [5.74, 6) is -0.513. The topological polar surface area (TPSA) is 86.9 Å². The molecule has 1 heterocycles. The van der Waals surface area contributed by atoms with E-state index in [4.69, 9.17) is 11.5 Å². The molecule has 0 spiro atoms. The van der Waals surface area contributed by atoms with Crippen molar-refractivity contribution in [3.8, 4) is 0 Å². The molecule has 1 aromatic heterocycles. The highest BCUT2D eigenvalue weighted by Crippen LogP contribution is 2.01. The van der Waals surface area contributed by atoms with Gasteiger partial charge >= 0.3 is 0 Å². The SMILES string of the molecule is NC(=O)C(N)Cn1cc(I)cn1. The van der Waals surface area contributed by atoms with Gasteiger partial charge in [0.1, 0.15) is 6.04 Å². The molecule has 0 bridgehead atoms. The Hall–Kier alpha value is -0.630. The van der Waals surface area contributed by atoms with Crippen LogP contribution in [0.25, 0.3) is 0 Å². The first-order chi connectivity index (χ1) is 5.59. The van der Waals surface area contributed by atoms with E-state index in [9.17, 15) is 4.79 Å². The maximum absolute atomic E-state index is 10.6. The van der Waals surface area contributed by atoms with E-state index >= 15 is 0 Å². The predicted octanol–water partition coefficient (Wildman–Crippen LogP) is -0.700. The van der Waals surface area contributed by atoms with Crippen LogP contribution in [0.2, 0.25) is 0 Å². The van der Waals surface area contributed by atoms with Gasteiger partial charge in [-0.05, 0) is 22.6 Å². The quantitative estimate of drug-likeness (QED) is 0.718. The zero-order valence-electron chi connectivity index (χ0n) is 6.27. The summed E-state index contributed by atoms with van der Waals surface area (Å²) in [6.45, 7) is 0.332. The highest BCUT2D eigenvalue weighted by Gasteiger charge is 2.09. The number of halogens is 1. The Morgan fingerprint density at radius 3 is 2.92 bits per heavy atom. The summed E-state index contributed by atoms with van der Waals surface area (Å²) < 4.78 is 2.60. The van der Waals surface area contributed by atoms with Crippen molar-refractivity contribution in [2.24, 2.45) is 11.5 Å². The van der Waals surface area contributed by atoms with Gasteiger partial charge in [-0.2, -0.15) is 5.10 Å². The summed E-state index contributed by atoms with van der Waals surface area (Å²) in [7, 11) is 0. The summed E-state index contributed by atoms with van der Waals surface area (Å²) in [6, 6.07) is -0.666. The third kappa shape index (κ3) is 2.45. The van der Waals surface area contributed by atoms with Crippen LogP contribution in [0.15, 0.2) is 12.4 Å². The smallest absolute Gasteiger partial charge is 0.236 e. The molecule has 1 amide bonds. The van der Waals surface area contributed by atoms with Crippen LogP contribution in [0.5, 0.6) is 0 Å². The summed E-state index contributed by atoms with van der Waals surface area (Å²) in [6.07, 6.45) is 3.48. The van der Waals surface area contributed by atoms with E-state index in [-0.39, 0.29) is 0 Å². The number of hydrogen-bond acceptors (Lipinski definition) is 3. The molecule has 12 heavy (non-hydrogen) atoms. The first-order valence-electron chi connectivity index (χ1n) is 3.32. The van der Waals surface area contributed by atoms with Crippen molar-refractivity contribution in [2.45, 2.75) is 12.6 Å². The molecule has 0 aliphatic carbocycles. The van der Waals surface area contributed by atoms with Crippen molar-refractivity contribution in [3.63, 3.8) is 0 Å². The van der Waals surface area contributed by atoms with E-state index in [1.165, 1.54) is 0 Å². The van der Waals surface area contributed by atoms with Gasteiger partial charge in [-0.1, -0.05) is 0 Å². The monoisotopic (exact) mass is 280 g/mol. The van der Waals surface area contributed by atoms with Crippen LogP contribution in [0.1, 0.15) is 0 Å². The molecule has 0 saturated carbocycles. The number of carbonyl (C=O) groups excluding carboxylic acids is 1. The summed E-state index contributed by atoms with van der Waals surface area (Å²) in [5.41, 5.74) is 10.4. The molecule has 4 N–H and O–H groups in total. The fourth-order valence-corrected chi connectivity index (χ4v) is 1.18. The molecular formula is C6H9IN4O. The highest BCUT2D eigenvalue weighted by atomic mass is 127. The minimum atomic E-state index is -0.666. The van der Waals surface area contributed by atoms with Crippen molar-refractivity contribution in [3.05, 3.63) is 16.0 Å². The van der Waals surface area contributed by atoms with Crippen LogP contribution in [-0.4, -0.2) is 21.7 Å². The largest absolute Gasteiger partial charge is 0.368 e. The van der Waals surface area contributed by atoms with Crippen LogP contribution >= 0.6 is 22.6 Å². The molecule has 1 unspecified atom stereocenters. The Morgan fingerprint density at radius 1 is 1.83 bits per heavy atom. The van der Waals surface area contributed by atoms with Gasteiger partial charge in [-0.25, -0.2) is 0 Å². The van der Waals surface area contributed by atoms with E-state index in [1.807, 2.05) is 0 Å². The molecule has 0 aliphatic heterocycles. The number of nitrogens with two attached hydrogens (primary N) is 2. The molecule has 0 aliphatic rings. The van der Waals surface area contributed by atoms with Crippen molar-refractivity contribution >= 4 is 28.5 Å². The Balaban J connectivity index is 2.58. The molecule has 0 fully saturated rings. The van der Waals surface area contributed by atoms with Gasteiger partial charge in [0, 0.05) is 6.20 Å². The minimum Gasteiger partial charge on any atom is -0.368 e. The molecule has 0 saturated heterocycles. The second-order valence-corrected chi connectivity index (χ2v) is 3.64. The summed E-state index contributed by atoms with van der Waals surface area (Å²) in [4.78, 5) is 10.6. The van der Waals surface area contributed by atoms with E-state index in [2.05, 4.69) is 27.7 Å². The van der Waals surface area contributed by atoms with Gasteiger partial charge in [0.25, 0.3) is 0 Å². The van der Waals surface area contributed by atoms with Crippen LogP contribution < -0.4 is 11.5 Å². The van der Waals surface area contributed by atoms with Crippen LogP contribution in [0.4, 0.5) is 0 Å². The number of nitrogens with zero attached hydrogens (tertiary/aromatic N) is 2. The lowest BCUT2D eigenvalue weighted by atomic mass is 10.3. The molecule has 0 aromatic carbocycles. The number of primary amides is 1. The van der Waals surface area contributed by atoms with Crippen LogP contribution in [-0.2, 0) is 11.3 Å². The molecule has 6 heteroatoms. The maximum atomic E-state index is 10.6. The molecule has 1 aromatic rings. The highest BCUT2D eigenvalue weighted by molar-refractivity contribution is 14.1. The van der Waals surface area contributed by atoms with E-state index in [0.717, 1.165) is 3.57 Å². The number of hydrogen-bond donors (Lipinski definition) is 2. The number of rotatable bonds is 3. The van der Waals surface area contributed by atoms with E-state index in [1.54, 1.807) is 17.1 Å². The Bertz CT molecular complexity index is 285. The van der Waals surface area contributed by atoms with Gasteiger partial charge in [0.05, 0.1) is 16.3 Å². The average molecular weight is 280 g/mol. The number of carbonyl (C=O) groups is 1. The maximum Gasteiger partial charge on any atom is 0.236 e. The molecule has 5 nitrogen and oxygen atoms in total. The fourth-order valence-electron chi connectivity index (χ4n) is 0.730. The Labute approximate surface area is 83.2 Å². The summed E-state index contributed by atoms with van der Waals surface area (Å²) >= 11 is 2.12. The molecule has 66 valence electrons. The zero-order valence-corrected chi connectivity index (χ0v) is 8.43. The van der Waals surface area contributed by atoms with Gasteiger partial charge in [-0.3, -0.25) is 9.48 Å². The average Bonchev–Trinajstić information content (AvgIpc) is 2.35. The lowest BCUT2D eigenvalue weighted by Gasteiger charge is -2.06. The Morgan fingerprint density at radius 2 is 2.50 bits per heavy atom. The van der Waals surface area contributed by atoms with E-state index < -0.39 is 11.9 Å². The molecule has 0 radical (unpaired) electrons. The van der Waals surface area contributed by atoms with Gasteiger partial charge in [0.2, 0.25) is 5.91 Å². The van der Waals surface area contributed by atoms with Crippen molar-refractivity contribution in [1.82, 2.24) is 9.78 Å². The molecule has 1 atom stereocenters. The molecule has 1 rings (SSSR count). The Kier molecular flexibility index (Phi) is 3.04. The first-order valence-corrected chi connectivity index (χ1v) is 4.40. The van der Waals surface area contributed by atoms with Crippen LogP contribution in [0, 0.1) is 3.57 Å². The van der Waals surface area contributed by atoms with Gasteiger partial charge in [0.15, 0.2) is 0 Å². The first kappa shape index (κ1) is 9.46. The third-order valence-electron chi connectivity index (χ3n) is 1.35. The third-order valence-corrected chi connectivity index (χ3v) is 1.91. The number of amides is 1. The minimum absolute atomic E-state index is 0.332. The normalized spacial score (nSPS) is 12.8. The van der Waals surface area contributed by atoms with Gasteiger partial charge in [-0.15, -0.1) is 0 Å². The fraction of sp³-hybridized carbons (Fsp3) is 0.333. The molecular weight excluding hydrogens is 271 g/mol. The zero-order chi connectivity index (χ0) is 9.14. The van der Waals surface area contributed by atoms with Gasteiger partial charge < -0.3 is 11.5 Å². The van der Waals surface area contributed by atoms with Crippen LogP contribution in [0.3, 0.4) is 0 Å². The predicted molar refractivity (Wildman–Crippen MR) is 52.1 cm³/mol. The van der Waals surface area contributed by atoms with Crippen molar-refractivity contribution in [2.75, 3.05) is 0 Å². The second kappa shape index (κ2) is 3.85.